The van der Waals surface area contributed by atoms with Crippen molar-refractivity contribution in [2.75, 3.05) is 4.72 Å². The van der Waals surface area contributed by atoms with Crippen molar-refractivity contribution in [1.82, 2.24) is 14.5 Å². The molecule has 0 aliphatic carbocycles. The number of sulfonamides is 1. The van der Waals surface area contributed by atoms with Gasteiger partial charge in [0.15, 0.2) is 0 Å². The first-order valence-electron chi connectivity index (χ1n) is 6.34. The minimum atomic E-state index is -3.67. The number of benzene rings is 1. The summed E-state index contributed by atoms with van der Waals surface area (Å²) in [6.07, 6.45) is 1.53. The van der Waals surface area contributed by atoms with Crippen LogP contribution in [0.3, 0.4) is 0 Å². The van der Waals surface area contributed by atoms with Gasteiger partial charge in [0.25, 0.3) is 10.0 Å². The molecule has 21 heavy (non-hydrogen) atoms. The SMILES string of the molecule is Cc1nc2cc(S(=O)(=O)Nc3ccccn3)ccc2n1C. The molecule has 2 heterocycles. The van der Waals surface area contributed by atoms with Crippen molar-refractivity contribution in [3.05, 3.63) is 48.4 Å². The number of hydrogen-bond donors (Lipinski definition) is 1. The molecular weight excluding hydrogens is 288 g/mol. The minimum Gasteiger partial charge on any atom is -0.331 e. The summed E-state index contributed by atoms with van der Waals surface area (Å²) in [5.41, 5.74) is 1.54. The lowest BCUT2D eigenvalue weighted by Crippen LogP contribution is -2.13. The number of nitrogens with zero attached hydrogens (tertiary/aromatic N) is 3. The van der Waals surface area contributed by atoms with Crippen molar-refractivity contribution in [2.24, 2.45) is 7.05 Å². The Balaban J connectivity index is 2.03. The number of imidazole rings is 1. The summed E-state index contributed by atoms with van der Waals surface area (Å²) in [4.78, 5) is 8.47. The topological polar surface area (TPSA) is 76.9 Å². The fraction of sp³-hybridized carbons (Fsp3) is 0.143. The van der Waals surface area contributed by atoms with Crippen LogP contribution in [0.4, 0.5) is 5.82 Å². The van der Waals surface area contributed by atoms with Crippen molar-refractivity contribution in [1.29, 1.82) is 0 Å². The summed E-state index contributed by atoms with van der Waals surface area (Å²) in [6.45, 7) is 1.88. The lowest BCUT2D eigenvalue weighted by atomic mass is 10.3. The number of rotatable bonds is 3. The van der Waals surface area contributed by atoms with Crippen LogP contribution < -0.4 is 4.72 Å². The Morgan fingerprint density at radius 3 is 2.71 bits per heavy atom. The smallest absolute Gasteiger partial charge is 0.263 e. The van der Waals surface area contributed by atoms with E-state index in [2.05, 4.69) is 14.7 Å². The summed E-state index contributed by atoms with van der Waals surface area (Å²) in [7, 11) is -1.78. The standard InChI is InChI=1S/C14H14N4O2S/c1-10-16-12-9-11(6-7-13(12)18(10)2)21(19,20)17-14-5-3-4-8-15-14/h3-9H,1-2H3,(H,15,17). The van der Waals surface area contributed by atoms with Gasteiger partial charge in [-0.25, -0.2) is 18.4 Å². The summed E-state index contributed by atoms with van der Waals surface area (Å²) in [5, 5.41) is 0. The number of hydrogen-bond acceptors (Lipinski definition) is 4. The molecule has 0 aliphatic heterocycles. The minimum absolute atomic E-state index is 0.166. The molecule has 0 aliphatic rings. The zero-order valence-electron chi connectivity index (χ0n) is 11.6. The van der Waals surface area contributed by atoms with E-state index in [1.807, 2.05) is 18.5 Å². The third-order valence-electron chi connectivity index (χ3n) is 3.29. The maximum atomic E-state index is 12.4. The highest BCUT2D eigenvalue weighted by atomic mass is 32.2. The van der Waals surface area contributed by atoms with E-state index in [0.717, 1.165) is 11.3 Å². The van der Waals surface area contributed by atoms with Gasteiger partial charge in [-0.1, -0.05) is 6.07 Å². The van der Waals surface area contributed by atoms with E-state index in [0.29, 0.717) is 5.52 Å². The van der Waals surface area contributed by atoms with Crippen LogP contribution in [0.15, 0.2) is 47.5 Å². The van der Waals surface area contributed by atoms with E-state index in [9.17, 15) is 8.42 Å². The Morgan fingerprint density at radius 1 is 1.19 bits per heavy atom. The monoisotopic (exact) mass is 302 g/mol. The predicted molar refractivity (Wildman–Crippen MR) is 80.5 cm³/mol. The van der Waals surface area contributed by atoms with Crippen LogP contribution in [-0.2, 0) is 17.1 Å². The molecule has 6 nitrogen and oxygen atoms in total. The van der Waals surface area contributed by atoms with Crippen LogP contribution in [0.5, 0.6) is 0 Å². The number of aryl methyl sites for hydroxylation is 2. The van der Waals surface area contributed by atoms with Crippen molar-refractivity contribution in [2.45, 2.75) is 11.8 Å². The van der Waals surface area contributed by atoms with Gasteiger partial charge in [0.2, 0.25) is 0 Å². The summed E-state index contributed by atoms with van der Waals surface area (Å²) in [5.74, 6) is 1.12. The van der Waals surface area contributed by atoms with Gasteiger partial charge >= 0.3 is 0 Å². The van der Waals surface area contributed by atoms with Crippen LogP contribution in [0.2, 0.25) is 0 Å². The Hall–Kier alpha value is -2.41. The van der Waals surface area contributed by atoms with E-state index >= 15 is 0 Å². The molecular formula is C14H14N4O2S. The molecule has 0 atom stereocenters. The predicted octanol–water partition coefficient (Wildman–Crippen LogP) is 2.08. The van der Waals surface area contributed by atoms with E-state index < -0.39 is 10.0 Å². The second kappa shape index (κ2) is 4.85. The highest BCUT2D eigenvalue weighted by molar-refractivity contribution is 7.92. The first-order valence-corrected chi connectivity index (χ1v) is 7.82. The Labute approximate surface area is 122 Å². The van der Waals surface area contributed by atoms with E-state index in [-0.39, 0.29) is 10.7 Å². The number of aromatic nitrogens is 3. The average molecular weight is 302 g/mol. The number of fused-ring (bicyclic) bond motifs is 1. The van der Waals surface area contributed by atoms with Crippen LogP contribution in [-0.4, -0.2) is 23.0 Å². The van der Waals surface area contributed by atoms with Gasteiger partial charge < -0.3 is 4.57 Å². The van der Waals surface area contributed by atoms with Crippen LogP contribution in [0.25, 0.3) is 11.0 Å². The Kier molecular flexibility index (Phi) is 3.13. The molecule has 0 spiro atoms. The largest absolute Gasteiger partial charge is 0.331 e. The average Bonchev–Trinajstić information content (AvgIpc) is 2.74. The lowest BCUT2D eigenvalue weighted by Gasteiger charge is -2.07. The molecule has 1 N–H and O–H groups in total. The fourth-order valence-electron chi connectivity index (χ4n) is 2.09. The highest BCUT2D eigenvalue weighted by Crippen LogP contribution is 2.20. The molecule has 0 saturated heterocycles. The maximum absolute atomic E-state index is 12.4. The summed E-state index contributed by atoms with van der Waals surface area (Å²) < 4.78 is 29.1. The zero-order chi connectivity index (χ0) is 15.0. The molecule has 0 saturated carbocycles. The van der Waals surface area contributed by atoms with Crippen LogP contribution in [0.1, 0.15) is 5.82 Å². The molecule has 7 heteroatoms. The van der Waals surface area contributed by atoms with Gasteiger partial charge in [0.1, 0.15) is 11.6 Å². The van der Waals surface area contributed by atoms with Gasteiger partial charge in [-0.15, -0.1) is 0 Å². The normalized spacial score (nSPS) is 11.7. The quantitative estimate of drug-likeness (QED) is 0.803. The molecule has 0 bridgehead atoms. The number of nitrogens with one attached hydrogen (secondary N) is 1. The van der Waals surface area contributed by atoms with Gasteiger partial charge in [-0.3, -0.25) is 4.72 Å². The fourth-order valence-corrected chi connectivity index (χ4v) is 3.11. The second-order valence-corrected chi connectivity index (χ2v) is 6.37. The Bertz CT molecular complexity index is 901. The maximum Gasteiger partial charge on any atom is 0.263 e. The van der Waals surface area contributed by atoms with Crippen molar-refractivity contribution in [3.8, 4) is 0 Å². The van der Waals surface area contributed by atoms with Crippen molar-refractivity contribution < 1.29 is 8.42 Å². The third kappa shape index (κ3) is 2.47. The molecule has 0 radical (unpaired) electrons. The van der Waals surface area contributed by atoms with Gasteiger partial charge in [-0.05, 0) is 37.3 Å². The van der Waals surface area contributed by atoms with Gasteiger partial charge in [0, 0.05) is 13.2 Å². The molecule has 2 aromatic heterocycles. The molecule has 0 unspecified atom stereocenters. The van der Waals surface area contributed by atoms with Gasteiger partial charge in [-0.2, -0.15) is 0 Å². The summed E-state index contributed by atoms with van der Waals surface area (Å²) >= 11 is 0. The lowest BCUT2D eigenvalue weighted by molar-refractivity contribution is 0.601. The Morgan fingerprint density at radius 2 is 2.00 bits per heavy atom. The molecule has 0 amide bonds. The third-order valence-corrected chi connectivity index (χ3v) is 4.64. The second-order valence-electron chi connectivity index (χ2n) is 4.69. The molecule has 3 aromatic rings. The molecule has 0 fully saturated rings. The van der Waals surface area contributed by atoms with Crippen molar-refractivity contribution in [3.63, 3.8) is 0 Å². The molecule has 3 rings (SSSR count). The van der Waals surface area contributed by atoms with Crippen molar-refractivity contribution >= 4 is 26.9 Å². The van der Waals surface area contributed by atoms with E-state index in [1.165, 1.54) is 6.20 Å². The van der Waals surface area contributed by atoms with Crippen LogP contribution in [0, 0.1) is 6.92 Å². The molecule has 1 aromatic carbocycles. The van der Waals surface area contributed by atoms with Gasteiger partial charge in [0.05, 0.1) is 15.9 Å². The number of pyridine rings is 1. The summed E-state index contributed by atoms with van der Waals surface area (Å²) in [6, 6.07) is 9.92. The highest BCUT2D eigenvalue weighted by Gasteiger charge is 2.16. The molecule has 108 valence electrons. The van der Waals surface area contributed by atoms with Crippen LogP contribution >= 0.6 is 0 Å². The zero-order valence-corrected chi connectivity index (χ0v) is 12.4. The van der Waals surface area contributed by atoms with E-state index in [1.54, 1.807) is 36.4 Å². The first kappa shape index (κ1) is 13.6. The number of anilines is 1. The van der Waals surface area contributed by atoms with E-state index in [4.69, 9.17) is 0 Å². The first-order chi connectivity index (χ1) is 9.97.